The van der Waals surface area contributed by atoms with Crippen molar-refractivity contribution < 1.29 is 71.7 Å². The van der Waals surface area contributed by atoms with Crippen molar-refractivity contribution in [3.63, 3.8) is 0 Å². The maximum absolute atomic E-state index is 13.7. The van der Waals surface area contributed by atoms with E-state index in [1.807, 2.05) is 155 Å². The summed E-state index contributed by atoms with van der Waals surface area (Å²) in [7, 11) is 4.10. The number of nitrogens with zero attached hydrogens (tertiary/aromatic N) is 7. The van der Waals surface area contributed by atoms with E-state index < -0.39 is 101 Å². The van der Waals surface area contributed by atoms with Gasteiger partial charge in [-0.2, -0.15) is 0 Å². The number of nitrogens with one attached hydrogen (secondary N) is 8. The molecule has 0 saturated carbocycles. The van der Waals surface area contributed by atoms with Crippen LogP contribution in [0.3, 0.4) is 0 Å². The molecular weight excluding hydrogens is 1700 g/mol. The Hall–Kier alpha value is -11.8. The zero-order chi connectivity index (χ0) is 98.9. The van der Waals surface area contributed by atoms with Gasteiger partial charge in [-0.1, -0.05) is 128 Å². The summed E-state index contributed by atoms with van der Waals surface area (Å²) < 4.78 is 21.6. The SMILES string of the molecule is CC(=O)n1cc(C[C@@H]2CCCN2C(=O)[C@@H](NC(=O)[C@H](C)NC(=O)OC(C)(C)C)C(C)C)c2ccccc21.CC(C)[C@H](NC(=O)[C@H](C)N)C(=O)N1CCC[C@H]1Cc1cn(C)c2ccccc12.CC(C)[C@H](NC(=O)[C@H](C)NC(=O)OC(C)(C)C)C(=O)N1CCC[C@H]1Cc1c[nH]c2ccccc12.CC(C)[C@H](NC(=O)[C@H](C)NC(=O)OC(C)(C)C)C(=O)N1CCC[C@H]1Cc1cn(C)c2ccccc12. The molecule has 0 bridgehead atoms. The fourth-order valence-corrected chi connectivity index (χ4v) is 18.1. The summed E-state index contributed by atoms with van der Waals surface area (Å²) in [5, 5.41) is 23.7. The summed E-state index contributed by atoms with van der Waals surface area (Å²) in [6.07, 6.45) is 16.7. The first-order valence-electron chi connectivity index (χ1n) is 47.8. The Morgan fingerprint density at radius 1 is 0.366 bits per heavy atom. The van der Waals surface area contributed by atoms with Gasteiger partial charge in [-0.25, -0.2) is 14.4 Å². The number of ether oxygens (including phenoxy) is 3. The van der Waals surface area contributed by atoms with Crippen molar-refractivity contribution in [3.05, 3.63) is 144 Å². The van der Waals surface area contributed by atoms with Gasteiger partial charge in [0.1, 0.15) is 59.1 Å². The van der Waals surface area contributed by atoms with Crippen LogP contribution in [0.25, 0.3) is 43.6 Å². The van der Waals surface area contributed by atoms with Crippen LogP contribution in [0.15, 0.2) is 122 Å². The van der Waals surface area contributed by atoms with E-state index in [0.717, 1.165) is 99.2 Å². The Bertz CT molecular complexity index is 5420. The summed E-state index contributed by atoms with van der Waals surface area (Å²) in [4.78, 5) is 164. The van der Waals surface area contributed by atoms with Crippen LogP contribution in [0.4, 0.5) is 14.4 Å². The summed E-state index contributed by atoms with van der Waals surface area (Å²) in [6.45, 7) is 41.8. The van der Waals surface area contributed by atoms with Crippen LogP contribution >= 0.6 is 0 Å². The predicted molar refractivity (Wildman–Crippen MR) is 523 cm³/mol. The maximum atomic E-state index is 13.7. The van der Waals surface area contributed by atoms with Gasteiger partial charge in [-0.15, -0.1) is 0 Å². The smallest absolute Gasteiger partial charge is 0.408 e. The molecule has 0 unspecified atom stereocenters. The number of alkyl carbamates (subject to hydrolysis) is 3. The van der Waals surface area contributed by atoms with Gasteiger partial charge in [0.2, 0.25) is 53.2 Å². The first-order chi connectivity index (χ1) is 62.9. The topological polar surface area (TPSA) is 386 Å². The largest absolute Gasteiger partial charge is 0.444 e. The molecule has 4 aromatic carbocycles. The number of H-pyrrole nitrogens is 1. The second-order valence-electron chi connectivity index (χ2n) is 40.9. The van der Waals surface area contributed by atoms with Gasteiger partial charge >= 0.3 is 18.3 Å². The monoisotopic (exact) mass is 1850 g/mol. The molecule has 12 rings (SSSR count). The van der Waals surface area contributed by atoms with Crippen molar-refractivity contribution in [1.29, 1.82) is 0 Å². The second kappa shape index (κ2) is 46.5. The summed E-state index contributed by atoms with van der Waals surface area (Å²) in [5.74, 6) is -2.21. The number of fused-ring (bicyclic) bond motifs is 4. The molecule has 732 valence electrons. The van der Waals surface area contributed by atoms with Crippen LogP contribution < -0.4 is 43.0 Å². The first-order valence-corrected chi connectivity index (χ1v) is 47.8. The standard InChI is InChI=1S/C28H40N4O5.C27H40N4O4.C26H38N4O4.C22H32N4O2/c1-17(2)24(30-25(34)18(3)29-27(36)37-28(5,6)7)26(35)31-14-10-11-21(31)15-20-16-32(19(4)33)23-13-9-8-12-22(20)23;1-17(2)23(29-24(32)18(3)28-26(34)35-27(4,5)6)25(33)31-14-10-11-20(31)15-19-16-30(7)22-13-9-8-12-21(19)22;1-16(2)22(29-23(31)17(3)28-25(33)34-26(4,5)6)24(32)30-13-9-10-19(30)14-18-15-27-21-12-8-7-11-20(18)21;1-14(2)20(24-21(27)15(3)23)22(28)26-11-7-8-17(26)12-16-13-25(4)19-10-6-5-9-18(16)19/h8-9,12-13,16-18,21,24H,10-11,14-15H2,1-7H3,(H,29,36)(H,30,34);8-9,12-13,16-18,20,23H,10-11,14-15H2,1-7H3,(H,28,34)(H,29,32);7-8,11-12,15-17,19,22,27H,9-10,13-14H2,1-6H3,(H,28,33)(H,29,31);5-6,9-10,13-15,17,20H,7-8,11-12,23H2,1-4H3,(H,24,27)/t18-,21-,24-;18-,20-,23-;17-,19-,22-;15-,17-,20-/m0000/s1. The number of carbonyl (C=O) groups is 12. The van der Waals surface area contributed by atoms with Crippen LogP contribution in [0.1, 0.15) is 231 Å². The Labute approximate surface area is 790 Å². The number of hydrogen-bond donors (Lipinski definition) is 9. The lowest BCUT2D eigenvalue weighted by atomic mass is 9.99. The number of hydrogen-bond acceptors (Lipinski definition) is 16. The van der Waals surface area contributed by atoms with Crippen molar-refractivity contribution in [1.82, 2.24) is 75.5 Å². The highest BCUT2D eigenvalue weighted by Gasteiger charge is 2.42. The number of amides is 11. The number of para-hydroxylation sites is 4. The van der Waals surface area contributed by atoms with Crippen molar-refractivity contribution in [2.75, 3.05) is 26.2 Å². The Morgan fingerprint density at radius 2 is 0.634 bits per heavy atom. The lowest BCUT2D eigenvalue weighted by Gasteiger charge is -2.32. The molecule has 4 aromatic heterocycles. The van der Waals surface area contributed by atoms with Crippen LogP contribution in [-0.4, -0.2) is 225 Å². The normalized spacial score (nSPS) is 18.1. The fourth-order valence-electron chi connectivity index (χ4n) is 18.1. The average Bonchev–Trinajstić information content (AvgIpc) is 1.64. The highest BCUT2D eigenvalue weighted by molar-refractivity contribution is 5.97. The molecule has 4 fully saturated rings. The lowest BCUT2D eigenvalue weighted by molar-refractivity contribution is -0.139. The van der Waals surface area contributed by atoms with Crippen LogP contribution in [0.2, 0.25) is 0 Å². The van der Waals surface area contributed by atoms with Crippen LogP contribution in [-0.2, 0) is 92.3 Å². The molecule has 12 atom stereocenters. The molecule has 0 radical (unpaired) electrons. The average molecular weight is 1850 g/mol. The van der Waals surface area contributed by atoms with Gasteiger partial charge in [-0.05, 0) is 237 Å². The zero-order valence-electron chi connectivity index (χ0n) is 83.4. The first kappa shape index (κ1) is 106. The van der Waals surface area contributed by atoms with Crippen molar-refractivity contribution in [2.45, 2.75) is 319 Å². The molecule has 11 amide bonds. The van der Waals surface area contributed by atoms with Crippen molar-refractivity contribution in [2.24, 2.45) is 43.5 Å². The minimum Gasteiger partial charge on any atom is -0.444 e. The number of aromatic nitrogens is 4. The van der Waals surface area contributed by atoms with Gasteiger partial charge in [0, 0.05) is 134 Å². The van der Waals surface area contributed by atoms with E-state index >= 15 is 0 Å². The van der Waals surface area contributed by atoms with Gasteiger partial charge in [0.05, 0.1) is 11.6 Å². The van der Waals surface area contributed by atoms with E-state index in [-0.39, 0.29) is 83.3 Å². The van der Waals surface area contributed by atoms with E-state index in [2.05, 4.69) is 107 Å². The third-order valence-electron chi connectivity index (χ3n) is 24.9. The molecule has 4 aliphatic heterocycles. The molecule has 4 saturated heterocycles. The lowest BCUT2D eigenvalue weighted by Crippen LogP contribution is -2.56. The molecule has 8 aromatic rings. The van der Waals surface area contributed by atoms with Gasteiger partial charge in [0.25, 0.3) is 0 Å². The number of carbonyl (C=O) groups excluding carboxylic acids is 12. The molecule has 8 heterocycles. The number of nitrogens with two attached hydrogens (primary N) is 1. The minimum absolute atomic E-state index is 0.00624. The molecule has 4 aliphatic rings. The minimum atomic E-state index is -0.865. The van der Waals surface area contributed by atoms with Crippen LogP contribution in [0, 0.1) is 23.7 Å². The summed E-state index contributed by atoms with van der Waals surface area (Å²) in [5.41, 5.74) is 12.7. The number of aromatic amines is 1. The third kappa shape index (κ3) is 28.7. The molecule has 134 heavy (non-hydrogen) atoms. The zero-order valence-corrected chi connectivity index (χ0v) is 83.4. The van der Waals surface area contributed by atoms with Crippen molar-refractivity contribution >= 4 is 115 Å². The van der Waals surface area contributed by atoms with Crippen molar-refractivity contribution in [3.8, 4) is 0 Å². The maximum Gasteiger partial charge on any atom is 0.408 e. The van der Waals surface area contributed by atoms with E-state index in [4.69, 9.17) is 19.9 Å². The van der Waals surface area contributed by atoms with Crippen LogP contribution in [0.5, 0.6) is 0 Å². The predicted octanol–water partition coefficient (Wildman–Crippen LogP) is 13.6. The highest BCUT2D eigenvalue weighted by Crippen LogP contribution is 2.34. The molecule has 31 heteroatoms. The molecular formula is C103H150N16O15. The molecule has 31 nitrogen and oxygen atoms in total. The Balaban J connectivity index is 0.000000201. The van der Waals surface area contributed by atoms with Gasteiger partial charge in [-0.3, -0.25) is 47.7 Å². The molecule has 0 spiro atoms. The van der Waals surface area contributed by atoms with E-state index in [0.29, 0.717) is 26.1 Å². The highest BCUT2D eigenvalue weighted by atomic mass is 16.6. The fraction of sp³-hybridized carbons (Fsp3) is 0.573. The molecule has 10 N–H and O–H groups in total. The van der Waals surface area contributed by atoms with E-state index in [1.54, 1.807) is 94.6 Å². The van der Waals surface area contributed by atoms with Gasteiger partial charge < -0.3 is 90.9 Å². The number of rotatable bonds is 27. The van der Waals surface area contributed by atoms with Gasteiger partial charge in [0.15, 0.2) is 0 Å². The third-order valence-corrected chi connectivity index (χ3v) is 24.9. The quantitative estimate of drug-likeness (QED) is 0.0216. The molecule has 0 aliphatic carbocycles. The Morgan fingerprint density at radius 3 is 0.933 bits per heavy atom. The number of likely N-dealkylation sites (tertiary alicyclic amines) is 4. The number of benzene rings is 4. The van der Waals surface area contributed by atoms with E-state index in [1.165, 1.54) is 50.8 Å². The summed E-state index contributed by atoms with van der Waals surface area (Å²) >= 11 is 0. The van der Waals surface area contributed by atoms with E-state index in [9.17, 15) is 57.5 Å². The second-order valence-corrected chi connectivity index (χ2v) is 40.9. The Kier molecular flexibility index (Phi) is 36.7. The summed E-state index contributed by atoms with van der Waals surface area (Å²) in [6, 6.07) is 27.2. The number of aryl methyl sites for hydroxylation is 2.